The average Bonchev–Trinajstić information content (AvgIpc) is 3.19. The van der Waals surface area contributed by atoms with Crippen LogP contribution in [0.25, 0.3) is 0 Å². The minimum absolute atomic E-state index is 0.118. The molecule has 0 radical (unpaired) electrons. The number of aliphatic hydroxyl groups excluding tert-OH is 1. The number of benzene rings is 2. The van der Waals surface area contributed by atoms with Gasteiger partial charge in [-0.1, -0.05) is 37.3 Å². The van der Waals surface area contributed by atoms with Gasteiger partial charge in [0.1, 0.15) is 16.9 Å². The van der Waals surface area contributed by atoms with E-state index in [-0.39, 0.29) is 37.2 Å². The number of carbonyl (C=O) groups is 2. The first kappa shape index (κ1) is 27.2. The normalized spacial score (nSPS) is 23.6. The van der Waals surface area contributed by atoms with Crippen LogP contribution in [-0.4, -0.2) is 60.4 Å². The van der Waals surface area contributed by atoms with Crippen LogP contribution < -0.4 is 5.32 Å². The van der Waals surface area contributed by atoms with Crippen molar-refractivity contribution in [3.63, 3.8) is 0 Å². The standard InChI is InChI=1S/C26H31F2N3O5S/c1-3-26(16-32,15-30-24(33)13-29-25(30)34)20-12-21(27)19(11-22(20)28)14-31-17(2)9-10-23(37(31,35)36)18-7-5-4-6-8-18/h4-8,11-12,17,23,32H,3,9-10,13-16H2,1-2H3,(H,29,34)/t17-,23+,26-/m0/s1. The maximum absolute atomic E-state index is 15.5. The van der Waals surface area contributed by atoms with Crippen molar-refractivity contribution in [2.75, 3.05) is 19.7 Å². The number of hydrogen-bond acceptors (Lipinski definition) is 5. The fourth-order valence-electron chi connectivity index (χ4n) is 5.19. The molecule has 0 bridgehead atoms. The molecular formula is C26H31F2N3O5S. The maximum Gasteiger partial charge on any atom is 0.324 e. The van der Waals surface area contributed by atoms with Gasteiger partial charge in [-0.05, 0) is 43.9 Å². The molecule has 3 atom stereocenters. The second kappa shape index (κ2) is 10.5. The summed E-state index contributed by atoms with van der Waals surface area (Å²) in [5.41, 5.74) is -1.09. The lowest BCUT2D eigenvalue weighted by atomic mass is 9.77. The minimum Gasteiger partial charge on any atom is -0.395 e. The third-order valence-electron chi connectivity index (χ3n) is 7.61. The summed E-state index contributed by atoms with van der Waals surface area (Å²) in [6, 6.07) is 9.65. The van der Waals surface area contributed by atoms with E-state index < -0.39 is 56.9 Å². The van der Waals surface area contributed by atoms with Crippen LogP contribution in [0.4, 0.5) is 13.6 Å². The molecule has 0 unspecified atom stereocenters. The van der Waals surface area contributed by atoms with Gasteiger partial charge in [-0.15, -0.1) is 0 Å². The number of imide groups is 1. The lowest BCUT2D eigenvalue weighted by Gasteiger charge is -2.38. The molecule has 37 heavy (non-hydrogen) atoms. The summed E-state index contributed by atoms with van der Waals surface area (Å²) in [6.45, 7) is 1.88. The van der Waals surface area contributed by atoms with E-state index in [0.717, 1.165) is 17.0 Å². The van der Waals surface area contributed by atoms with Gasteiger partial charge in [-0.3, -0.25) is 9.69 Å². The molecule has 2 heterocycles. The monoisotopic (exact) mass is 535 g/mol. The zero-order valence-corrected chi connectivity index (χ0v) is 21.6. The highest BCUT2D eigenvalue weighted by molar-refractivity contribution is 7.89. The molecule has 11 heteroatoms. The van der Waals surface area contributed by atoms with E-state index in [4.69, 9.17) is 0 Å². The number of aliphatic hydroxyl groups is 1. The van der Waals surface area contributed by atoms with E-state index in [1.165, 1.54) is 4.31 Å². The highest BCUT2D eigenvalue weighted by Crippen LogP contribution is 2.39. The number of nitrogens with one attached hydrogen (secondary N) is 1. The molecule has 2 aliphatic heterocycles. The molecule has 2 aromatic rings. The topological polar surface area (TPSA) is 107 Å². The number of hydrogen-bond donors (Lipinski definition) is 2. The van der Waals surface area contributed by atoms with Gasteiger partial charge in [-0.2, -0.15) is 4.31 Å². The van der Waals surface area contributed by atoms with E-state index in [1.807, 2.05) is 0 Å². The van der Waals surface area contributed by atoms with Gasteiger partial charge in [0.25, 0.3) is 0 Å². The van der Waals surface area contributed by atoms with Crippen molar-refractivity contribution >= 4 is 22.0 Å². The second-order valence-electron chi connectivity index (χ2n) is 9.77. The van der Waals surface area contributed by atoms with Crippen LogP contribution in [0.2, 0.25) is 0 Å². The van der Waals surface area contributed by atoms with Crippen molar-refractivity contribution in [2.24, 2.45) is 0 Å². The van der Waals surface area contributed by atoms with Crippen molar-refractivity contribution in [3.05, 3.63) is 70.8 Å². The minimum atomic E-state index is -3.85. The summed E-state index contributed by atoms with van der Waals surface area (Å²) in [4.78, 5) is 25.0. The summed E-state index contributed by atoms with van der Waals surface area (Å²) in [7, 11) is -3.85. The van der Waals surface area contributed by atoms with Gasteiger partial charge in [-0.25, -0.2) is 22.0 Å². The van der Waals surface area contributed by atoms with Gasteiger partial charge in [0, 0.05) is 35.7 Å². The molecule has 0 aliphatic carbocycles. The number of halogens is 2. The molecule has 2 fully saturated rings. The van der Waals surface area contributed by atoms with Crippen molar-refractivity contribution in [3.8, 4) is 0 Å². The Kier molecular flexibility index (Phi) is 7.68. The third kappa shape index (κ3) is 4.99. The predicted octanol–water partition coefficient (Wildman–Crippen LogP) is 3.21. The highest BCUT2D eigenvalue weighted by Gasteiger charge is 2.43. The first-order chi connectivity index (χ1) is 17.5. The predicted molar refractivity (Wildman–Crippen MR) is 133 cm³/mol. The number of amides is 3. The lowest BCUT2D eigenvalue weighted by Crippen LogP contribution is -2.47. The van der Waals surface area contributed by atoms with E-state index in [2.05, 4.69) is 5.32 Å². The van der Waals surface area contributed by atoms with E-state index in [1.54, 1.807) is 44.2 Å². The molecule has 2 saturated heterocycles. The molecule has 8 nitrogen and oxygen atoms in total. The number of carbonyl (C=O) groups excluding carboxylic acids is 2. The van der Waals surface area contributed by atoms with Crippen LogP contribution in [-0.2, 0) is 26.8 Å². The van der Waals surface area contributed by atoms with E-state index in [9.17, 15) is 23.1 Å². The average molecular weight is 536 g/mol. The molecular weight excluding hydrogens is 504 g/mol. The Morgan fingerprint density at radius 2 is 1.81 bits per heavy atom. The Balaban J connectivity index is 1.66. The van der Waals surface area contributed by atoms with Crippen molar-refractivity contribution in [1.82, 2.24) is 14.5 Å². The third-order valence-corrected chi connectivity index (χ3v) is 9.98. The Labute approximate surface area is 215 Å². The largest absolute Gasteiger partial charge is 0.395 e. The summed E-state index contributed by atoms with van der Waals surface area (Å²) >= 11 is 0. The highest BCUT2D eigenvalue weighted by atomic mass is 32.2. The van der Waals surface area contributed by atoms with Crippen molar-refractivity contribution < 1.29 is 31.9 Å². The summed E-state index contributed by atoms with van der Waals surface area (Å²) in [5, 5.41) is 11.8. The molecule has 4 rings (SSSR count). The van der Waals surface area contributed by atoms with E-state index >= 15 is 8.78 Å². The van der Waals surface area contributed by atoms with Crippen LogP contribution in [0.5, 0.6) is 0 Å². The second-order valence-corrected chi connectivity index (χ2v) is 11.8. The Bertz CT molecular complexity index is 1270. The SMILES string of the molecule is CC[C@@](CO)(CN1C(=O)CNC1=O)c1cc(F)c(CN2[C@@H](C)CC[C@H](c3ccccc3)S2(=O)=O)cc1F. The fraction of sp³-hybridized carbons (Fsp3) is 0.462. The molecule has 200 valence electrons. The van der Waals surface area contributed by atoms with Crippen LogP contribution in [0, 0.1) is 11.6 Å². The van der Waals surface area contributed by atoms with Crippen molar-refractivity contribution in [1.29, 1.82) is 0 Å². The summed E-state index contributed by atoms with van der Waals surface area (Å²) in [5.74, 6) is -2.20. The quantitative estimate of drug-likeness (QED) is 0.505. The summed E-state index contributed by atoms with van der Waals surface area (Å²) in [6.07, 6.45) is 1.11. The smallest absolute Gasteiger partial charge is 0.324 e. The molecule has 2 N–H and O–H groups in total. The number of sulfonamides is 1. The lowest BCUT2D eigenvalue weighted by molar-refractivity contribution is -0.125. The van der Waals surface area contributed by atoms with Gasteiger partial charge >= 0.3 is 6.03 Å². The zero-order chi connectivity index (χ0) is 27.0. The Morgan fingerprint density at radius 3 is 2.41 bits per heavy atom. The molecule has 2 aromatic carbocycles. The van der Waals surface area contributed by atoms with Gasteiger partial charge in [0.2, 0.25) is 15.9 Å². The Morgan fingerprint density at radius 1 is 1.11 bits per heavy atom. The first-order valence-electron chi connectivity index (χ1n) is 12.3. The van der Waals surface area contributed by atoms with Crippen LogP contribution >= 0.6 is 0 Å². The van der Waals surface area contributed by atoms with Gasteiger partial charge in [0.15, 0.2) is 0 Å². The molecule has 0 saturated carbocycles. The van der Waals surface area contributed by atoms with Crippen LogP contribution in [0.1, 0.15) is 55.1 Å². The van der Waals surface area contributed by atoms with Crippen LogP contribution in [0.15, 0.2) is 42.5 Å². The number of urea groups is 1. The van der Waals surface area contributed by atoms with Crippen LogP contribution in [0.3, 0.4) is 0 Å². The summed E-state index contributed by atoms with van der Waals surface area (Å²) < 4.78 is 59.1. The van der Waals surface area contributed by atoms with Gasteiger partial charge in [0.05, 0.1) is 13.2 Å². The van der Waals surface area contributed by atoms with Gasteiger partial charge < -0.3 is 10.4 Å². The number of rotatable bonds is 8. The van der Waals surface area contributed by atoms with E-state index in [0.29, 0.717) is 18.4 Å². The fourth-order valence-corrected chi connectivity index (χ4v) is 7.38. The molecule has 0 aromatic heterocycles. The molecule has 2 aliphatic rings. The maximum atomic E-state index is 15.5. The van der Waals surface area contributed by atoms with Crippen molar-refractivity contribution in [2.45, 2.75) is 56.4 Å². The molecule has 3 amide bonds. The zero-order valence-electron chi connectivity index (χ0n) is 20.8. The molecule has 0 spiro atoms. The Hall–Kier alpha value is -2.89. The number of nitrogens with zero attached hydrogens (tertiary/aromatic N) is 2. The first-order valence-corrected chi connectivity index (χ1v) is 13.8.